The maximum Gasteiger partial charge on any atom is 0.253 e. The SMILES string of the molecule is Cc1sc2nc(-n3cccn3)nc(NCc3ccc4c(c3)OCO4)c2c1C. The fraction of sp³-hybridized carbons (Fsp3) is 0.211. The zero-order chi connectivity index (χ0) is 18.4. The van der Waals surface area contributed by atoms with Gasteiger partial charge in [-0.2, -0.15) is 15.1 Å². The van der Waals surface area contributed by atoms with Gasteiger partial charge >= 0.3 is 0 Å². The molecule has 1 aliphatic rings. The van der Waals surface area contributed by atoms with E-state index >= 15 is 0 Å². The van der Waals surface area contributed by atoms with Gasteiger partial charge in [-0.3, -0.25) is 0 Å². The molecule has 8 heteroatoms. The number of thiophene rings is 1. The van der Waals surface area contributed by atoms with Crippen LogP contribution in [0.5, 0.6) is 11.5 Å². The molecule has 0 saturated carbocycles. The second-order valence-electron chi connectivity index (χ2n) is 6.33. The summed E-state index contributed by atoms with van der Waals surface area (Å²) < 4.78 is 12.5. The summed E-state index contributed by atoms with van der Waals surface area (Å²) in [6.45, 7) is 5.11. The highest BCUT2D eigenvalue weighted by Crippen LogP contribution is 2.35. The molecule has 3 aromatic heterocycles. The van der Waals surface area contributed by atoms with Gasteiger partial charge in [0.15, 0.2) is 11.5 Å². The highest BCUT2D eigenvalue weighted by Gasteiger charge is 2.17. The van der Waals surface area contributed by atoms with E-state index in [1.165, 1.54) is 10.4 Å². The summed E-state index contributed by atoms with van der Waals surface area (Å²) in [4.78, 5) is 11.6. The summed E-state index contributed by atoms with van der Waals surface area (Å²) in [6.07, 6.45) is 3.56. The molecule has 0 atom stereocenters. The molecule has 4 aromatic rings. The van der Waals surface area contributed by atoms with Crippen molar-refractivity contribution in [2.24, 2.45) is 0 Å². The fourth-order valence-corrected chi connectivity index (χ4v) is 4.12. The smallest absolute Gasteiger partial charge is 0.253 e. The second-order valence-corrected chi connectivity index (χ2v) is 7.53. The Hall–Kier alpha value is -3.13. The van der Waals surface area contributed by atoms with Crippen molar-refractivity contribution in [3.63, 3.8) is 0 Å². The third-order valence-corrected chi connectivity index (χ3v) is 5.72. The first-order chi connectivity index (χ1) is 13.2. The molecule has 0 radical (unpaired) electrons. The van der Waals surface area contributed by atoms with Crippen LogP contribution >= 0.6 is 11.3 Å². The Bertz CT molecular complexity index is 1140. The van der Waals surface area contributed by atoms with E-state index in [1.807, 2.05) is 30.5 Å². The third kappa shape index (κ3) is 2.78. The van der Waals surface area contributed by atoms with Gasteiger partial charge in [0.05, 0.1) is 5.39 Å². The lowest BCUT2D eigenvalue weighted by atomic mass is 10.2. The summed E-state index contributed by atoms with van der Waals surface area (Å²) in [5.41, 5.74) is 2.30. The van der Waals surface area contributed by atoms with E-state index in [2.05, 4.69) is 24.3 Å². The first kappa shape index (κ1) is 16.1. The number of ether oxygens (including phenoxy) is 2. The van der Waals surface area contributed by atoms with Crippen LogP contribution in [0.2, 0.25) is 0 Å². The van der Waals surface area contributed by atoms with E-state index in [4.69, 9.17) is 19.4 Å². The van der Waals surface area contributed by atoms with Gasteiger partial charge < -0.3 is 14.8 Å². The molecule has 5 rings (SSSR count). The van der Waals surface area contributed by atoms with Crippen LogP contribution in [0.4, 0.5) is 5.82 Å². The molecule has 0 aliphatic carbocycles. The normalized spacial score (nSPS) is 12.7. The molecule has 1 aromatic carbocycles. The van der Waals surface area contributed by atoms with Crippen molar-refractivity contribution < 1.29 is 9.47 Å². The number of nitrogens with zero attached hydrogens (tertiary/aromatic N) is 4. The Balaban J connectivity index is 1.53. The van der Waals surface area contributed by atoms with Crippen molar-refractivity contribution in [1.29, 1.82) is 0 Å². The van der Waals surface area contributed by atoms with Crippen LogP contribution < -0.4 is 14.8 Å². The standard InChI is InChI=1S/C19H17N5O2S/c1-11-12(2)27-18-16(11)17(22-19(23-18)24-7-3-6-21-24)20-9-13-4-5-14-15(8-13)26-10-25-14/h3-8H,9-10H2,1-2H3,(H,20,22,23). The van der Waals surface area contributed by atoms with Gasteiger partial charge in [-0.05, 0) is 43.2 Å². The van der Waals surface area contributed by atoms with Crippen molar-refractivity contribution in [2.45, 2.75) is 20.4 Å². The predicted molar refractivity (Wildman–Crippen MR) is 104 cm³/mol. The van der Waals surface area contributed by atoms with Crippen molar-refractivity contribution in [2.75, 3.05) is 12.1 Å². The molecule has 0 spiro atoms. The van der Waals surface area contributed by atoms with E-state index in [0.717, 1.165) is 33.1 Å². The highest BCUT2D eigenvalue weighted by atomic mass is 32.1. The van der Waals surface area contributed by atoms with Gasteiger partial charge in [0.1, 0.15) is 10.6 Å². The minimum Gasteiger partial charge on any atom is -0.454 e. The van der Waals surface area contributed by atoms with Gasteiger partial charge in [0.25, 0.3) is 5.95 Å². The first-order valence-corrected chi connectivity index (χ1v) is 9.41. The molecule has 1 aliphatic heterocycles. The summed E-state index contributed by atoms with van der Waals surface area (Å²) in [5, 5.41) is 8.79. The van der Waals surface area contributed by atoms with Crippen molar-refractivity contribution >= 4 is 27.4 Å². The van der Waals surface area contributed by atoms with Gasteiger partial charge in [-0.1, -0.05) is 6.07 Å². The molecule has 136 valence electrons. The Morgan fingerprint density at radius 1 is 1.19 bits per heavy atom. The van der Waals surface area contributed by atoms with Gasteiger partial charge in [0, 0.05) is 23.8 Å². The molecule has 4 heterocycles. The van der Waals surface area contributed by atoms with Crippen LogP contribution in [0.3, 0.4) is 0 Å². The van der Waals surface area contributed by atoms with Gasteiger partial charge in [-0.25, -0.2) is 4.68 Å². The number of nitrogens with one attached hydrogen (secondary N) is 1. The van der Waals surface area contributed by atoms with E-state index in [9.17, 15) is 0 Å². The zero-order valence-electron chi connectivity index (χ0n) is 14.9. The lowest BCUT2D eigenvalue weighted by molar-refractivity contribution is 0.174. The van der Waals surface area contributed by atoms with Crippen LogP contribution in [-0.4, -0.2) is 26.5 Å². The van der Waals surface area contributed by atoms with Gasteiger partial charge in [0.2, 0.25) is 6.79 Å². The van der Waals surface area contributed by atoms with Crippen LogP contribution in [-0.2, 0) is 6.54 Å². The number of fused-ring (bicyclic) bond motifs is 2. The minimum absolute atomic E-state index is 0.277. The lowest BCUT2D eigenvalue weighted by Crippen LogP contribution is -2.07. The summed E-state index contributed by atoms with van der Waals surface area (Å²) >= 11 is 1.67. The van der Waals surface area contributed by atoms with E-state index < -0.39 is 0 Å². The first-order valence-electron chi connectivity index (χ1n) is 8.59. The maximum atomic E-state index is 5.47. The number of hydrogen-bond acceptors (Lipinski definition) is 7. The average Bonchev–Trinajstić information content (AvgIpc) is 3.40. The Morgan fingerprint density at radius 2 is 2.07 bits per heavy atom. The quantitative estimate of drug-likeness (QED) is 0.581. The van der Waals surface area contributed by atoms with Crippen molar-refractivity contribution in [3.8, 4) is 17.4 Å². The molecule has 27 heavy (non-hydrogen) atoms. The number of aromatic nitrogens is 4. The lowest BCUT2D eigenvalue weighted by Gasteiger charge is -2.10. The van der Waals surface area contributed by atoms with E-state index in [1.54, 1.807) is 22.2 Å². The minimum atomic E-state index is 0.277. The van der Waals surface area contributed by atoms with Crippen LogP contribution in [0.25, 0.3) is 16.2 Å². The molecule has 7 nitrogen and oxygen atoms in total. The molecule has 0 amide bonds. The van der Waals surface area contributed by atoms with Crippen LogP contribution in [0.1, 0.15) is 16.0 Å². The fourth-order valence-electron chi connectivity index (χ4n) is 3.09. The molecular weight excluding hydrogens is 362 g/mol. The van der Waals surface area contributed by atoms with Crippen LogP contribution in [0.15, 0.2) is 36.7 Å². The molecule has 0 bridgehead atoms. The second kappa shape index (κ2) is 6.24. The number of anilines is 1. The number of benzene rings is 1. The van der Waals surface area contributed by atoms with Crippen molar-refractivity contribution in [1.82, 2.24) is 19.7 Å². The van der Waals surface area contributed by atoms with Gasteiger partial charge in [-0.15, -0.1) is 11.3 Å². The molecule has 0 unspecified atom stereocenters. The van der Waals surface area contributed by atoms with Crippen molar-refractivity contribution in [3.05, 3.63) is 52.7 Å². The third-order valence-electron chi connectivity index (χ3n) is 4.62. The highest BCUT2D eigenvalue weighted by molar-refractivity contribution is 7.18. The summed E-state index contributed by atoms with van der Waals surface area (Å²) in [6, 6.07) is 7.81. The predicted octanol–water partition coefficient (Wildman–Crippen LogP) is 3.83. The number of hydrogen-bond donors (Lipinski definition) is 1. The molecule has 0 fully saturated rings. The monoisotopic (exact) mass is 379 g/mol. The van der Waals surface area contributed by atoms with E-state index in [0.29, 0.717) is 12.5 Å². The zero-order valence-corrected chi connectivity index (χ0v) is 15.7. The maximum absolute atomic E-state index is 5.47. The summed E-state index contributed by atoms with van der Waals surface area (Å²) in [5.74, 6) is 2.93. The molecule has 1 N–H and O–H groups in total. The number of rotatable bonds is 4. The average molecular weight is 379 g/mol. The topological polar surface area (TPSA) is 74.1 Å². The Kier molecular flexibility index (Phi) is 3.71. The molecular formula is C19H17N5O2S. The molecule has 0 saturated heterocycles. The van der Waals surface area contributed by atoms with E-state index in [-0.39, 0.29) is 6.79 Å². The largest absolute Gasteiger partial charge is 0.454 e. The number of aryl methyl sites for hydroxylation is 2. The van der Waals surface area contributed by atoms with Crippen LogP contribution in [0, 0.1) is 13.8 Å². The Morgan fingerprint density at radius 3 is 2.93 bits per heavy atom. The summed E-state index contributed by atoms with van der Waals surface area (Å²) in [7, 11) is 0. The Labute approximate surface area is 159 Å².